The summed E-state index contributed by atoms with van der Waals surface area (Å²) in [5.74, 6) is 1.82. The highest BCUT2D eigenvalue weighted by molar-refractivity contribution is 5.46. The second-order valence-corrected chi connectivity index (χ2v) is 4.64. The summed E-state index contributed by atoms with van der Waals surface area (Å²) in [7, 11) is 5.29. The summed E-state index contributed by atoms with van der Waals surface area (Å²) in [6, 6.07) is 16.6. The summed E-state index contributed by atoms with van der Waals surface area (Å²) in [5.41, 5.74) is 2.50. The minimum Gasteiger partial charge on any atom is -0.493 e. The fourth-order valence-corrected chi connectivity index (χ4v) is 2.39. The Hall–Kier alpha value is -2.00. The molecule has 0 amide bonds. The van der Waals surface area contributed by atoms with E-state index < -0.39 is 0 Å². The third-order valence-electron chi connectivity index (χ3n) is 3.42. The Bertz CT molecular complexity index is 540. The van der Waals surface area contributed by atoms with Crippen LogP contribution in [0.25, 0.3) is 0 Å². The zero-order valence-electron chi connectivity index (χ0n) is 12.2. The summed E-state index contributed by atoms with van der Waals surface area (Å²) in [6.45, 7) is 0.875. The molecule has 0 bridgehead atoms. The largest absolute Gasteiger partial charge is 0.493 e. The zero-order chi connectivity index (χ0) is 14.4. The van der Waals surface area contributed by atoms with Gasteiger partial charge in [-0.05, 0) is 30.3 Å². The summed E-state index contributed by atoms with van der Waals surface area (Å²) < 4.78 is 10.7. The second-order valence-electron chi connectivity index (χ2n) is 4.64. The molecule has 106 valence electrons. The van der Waals surface area contributed by atoms with Gasteiger partial charge in [0.05, 0.1) is 14.2 Å². The Balaban J connectivity index is 2.39. The van der Waals surface area contributed by atoms with Crippen LogP contribution in [0.5, 0.6) is 11.5 Å². The molecule has 0 aliphatic carbocycles. The fourth-order valence-electron chi connectivity index (χ4n) is 2.39. The molecule has 0 radical (unpaired) electrons. The molecular weight excluding hydrogens is 250 g/mol. The SMILES string of the molecule is CNCC(c1ccccc1)c1ccc(OC)c(OC)c1. The summed E-state index contributed by atoms with van der Waals surface area (Å²) in [4.78, 5) is 0. The van der Waals surface area contributed by atoms with Crippen molar-refractivity contribution in [3.05, 3.63) is 59.7 Å². The third kappa shape index (κ3) is 3.11. The topological polar surface area (TPSA) is 30.5 Å². The quantitative estimate of drug-likeness (QED) is 0.876. The van der Waals surface area contributed by atoms with E-state index in [1.54, 1.807) is 14.2 Å². The van der Waals surface area contributed by atoms with Crippen molar-refractivity contribution in [2.24, 2.45) is 0 Å². The van der Waals surface area contributed by atoms with E-state index in [0.717, 1.165) is 18.0 Å². The predicted octanol–water partition coefficient (Wildman–Crippen LogP) is 3.06. The number of likely N-dealkylation sites (N-methyl/N-ethyl adjacent to an activating group) is 1. The number of ether oxygens (including phenoxy) is 2. The van der Waals surface area contributed by atoms with Gasteiger partial charge in [-0.2, -0.15) is 0 Å². The molecule has 0 heterocycles. The van der Waals surface area contributed by atoms with E-state index in [1.165, 1.54) is 11.1 Å². The van der Waals surface area contributed by atoms with Crippen molar-refractivity contribution in [2.75, 3.05) is 27.8 Å². The average molecular weight is 271 g/mol. The molecule has 1 N–H and O–H groups in total. The minimum atomic E-state index is 0.293. The van der Waals surface area contributed by atoms with Gasteiger partial charge in [-0.3, -0.25) is 0 Å². The van der Waals surface area contributed by atoms with Crippen LogP contribution in [0.3, 0.4) is 0 Å². The Morgan fingerprint density at radius 3 is 2.20 bits per heavy atom. The minimum absolute atomic E-state index is 0.293. The lowest BCUT2D eigenvalue weighted by atomic mass is 9.91. The van der Waals surface area contributed by atoms with Gasteiger partial charge in [0, 0.05) is 12.5 Å². The monoisotopic (exact) mass is 271 g/mol. The van der Waals surface area contributed by atoms with Crippen molar-refractivity contribution < 1.29 is 9.47 Å². The van der Waals surface area contributed by atoms with Crippen LogP contribution in [-0.4, -0.2) is 27.8 Å². The van der Waals surface area contributed by atoms with E-state index in [4.69, 9.17) is 9.47 Å². The second kappa shape index (κ2) is 6.96. The van der Waals surface area contributed by atoms with Crippen molar-refractivity contribution in [3.8, 4) is 11.5 Å². The molecular formula is C17H21NO2. The highest BCUT2D eigenvalue weighted by Gasteiger charge is 2.15. The maximum Gasteiger partial charge on any atom is 0.161 e. The Labute approximate surface area is 120 Å². The first-order valence-electron chi connectivity index (χ1n) is 6.71. The molecule has 1 unspecified atom stereocenters. The first kappa shape index (κ1) is 14.4. The number of nitrogens with one attached hydrogen (secondary N) is 1. The molecule has 0 saturated heterocycles. The van der Waals surface area contributed by atoms with Crippen molar-refractivity contribution in [1.82, 2.24) is 5.32 Å². The van der Waals surface area contributed by atoms with Gasteiger partial charge in [-0.15, -0.1) is 0 Å². The molecule has 0 aliphatic rings. The molecule has 2 aromatic rings. The van der Waals surface area contributed by atoms with E-state index in [2.05, 4.69) is 35.6 Å². The average Bonchev–Trinajstić information content (AvgIpc) is 2.52. The van der Waals surface area contributed by atoms with E-state index in [1.807, 2.05) is 25.2 Å². The Morgan fingerprint density at radius 1 is 0.900 bits per heavy atom. The summed E-state index contributed by atoms with van der Waals surface area (Å²) in [5, 5.41) is 3.26. The number of benzene rings is 2. The van der Waals surface area contributed by atoms with E-state index in [-0.39, 0.29) is 0 Å². The molecule has 1 atom stereocenters. The van der Waals surface area contributed by atoms with E-state index in [0.29, 0.717) is 5.92 Å². The molecule has 2 rings (SSSR count). The van der Waals surface area contributed by atoms with Gasteiger partial charge in [-0.25, -0.2) is 0 Å². The molecule has 0 fully saturated rings. The van der Waals surface area contributed by atoms with E-state index >= 15 is 0 Å². The van der Waals surface area contributed by atoms with Crippen LogP contribution in [0, 0.1) is 0 Å². The predicted molar refractivity (Wildman–Crippen MR) is 81.8 cm³/mol. The lowest BCUT2D eigenvalue weighted by Crippen LogP contribution is -2.18. The van der Waals surface area contributed by atoms with Gasteiger partial charge in [0.15, 0.2) is 11.5 Å². The summed E-state index contributed by atoms with van der Waals surface area (Å²) in [6.07, 6.45) is 0. The lowest BCUT2D eigenvalue weighted by Gasteiger charge is -2.19. The normalized spacial score (nSPS) is 11.9. The van der Waals surface area contributed by atoms with E-state index in [9.17, 15) is 0 Å². The van der Waals surface area contributed by atoms with Gasteiger partial charge in [0.1, 0.15) is 0 Å². The molecule has 0 aliphatic heterocycles. The van der Waals surface area contributed by atoms with Crippen molar-refractivity contribution in [3.63, 3.8) is 0 Å². The van der Waals surface area contributed by atoms with Crippen LogP contribution in [0.15, 0.2) is 48.5 Å². The van der Waals surface area contributed by atoms with Gasteiger partial charge < -0.3 is 14.8 Å². The lowest BCUT2D eigenvalue weighted by molar-refractivity contribution is 0.354. The first-order valence-corrected chi connectivity index (χ1v) is 6.71. The molecule has 2 aromatic carbocycles. The number of rotatable bonds is 6. The first-order chi connectivity index (χ1) is 9.80. The molecule has 3 nitrogen and oxygen atoms in total. The Kier molecular flexibility index (Phi) is 5.02. The van der Waals surface area contributed by atoms with Gasteiger partial charge in [-0.1, -0.05) is 36.4 Å². The number of methoxy groups -OCH3 is 2. The maximum atomic E-state index is 5.40. The van der Waals surface area contributed by atoms with Crippen LogP contribution in [0.1, 0.15) is 17.0 Å². The van der Waals surface area contributed by atoms with Gasteiger partial charge in [0.25, 0.3) is 0 Å². The Morgan fingerprint density at radius 2 is 1.60 bits per heavy atom. The van der Waals surface area contributed by atoms with Crippen LogP contribution in [-0.2, 0) is 0 Å². The van der Waals surface area contributed by atoms with Crippen LogP contribution in [0.2, 0.25) is 0 Å². The molecule has 20 heavy (non-hydrogen) atoms. The summed E-state index contributed by atoms with van der Waals surface area (Å²) >= 11 is 0. The molecule has 0 saturated carbocycles. The van der Waals surface area contributed by atoms with Crippen LogP contribution in [0.4, 0.5) is 0 Å². The van der Waals surface area contributed by atoms with Crippen LogP contribution >= 0.6 is 0 Å². The smallest absolute Gasteiger partial charge is 0.161 e. The molecule has 0 aromatic heterocycles. The standard InChI is InChI=1S/C17H21NO2/c1-18-12-15(13-7-5-4-6-8-13)14-9-10-16(19-2)17(11-14)20-3/h4-11,15,18H,12H2,1-3H3. The molecule has 3 heteroatoms. The zero-order valence-corrected chi connectivity index (χ0v) is 12.2. The fraction of sp³-hybridized carbons (Fsp3) is 0.294. The van der Waals surface area contributed by atoms with Crippen LogP contribution < -0.4 is 14.8 Å². The maximum absolute atomic E-state index is 5.40. The van der Waals surface area contributed by atoms with Crippen molar-refractivity contribution in [1.29, 1.82) is 0 Å². The van der Waals surface area contributed by atoms with Gasteiger partial charge >= 0.3 is 0 Å². The van der Waals surface area contributed by atoms with Gasteiger partial charge in [0.2, 0.25) is 0 Å². The molecule has 0 spiro atoms. The number of hydrogen-bond acceptors (Lipinski definition) is 3. The number of hydrogen-bond donors (Lipinski definition) is 1. The van der Waals surface area contributed by atoms with Crippen molar-refractivity contribution >= 4 is 0 Å². The highest BCUT2D eigenvalue weighted by Crippen LogP contribution is 2.32. The highest BCUT2D eigenvalue weighted by atomic mass is 16.5. The van der Waals surface area contributed by atoms with Crippen molar-refractivity contribution in [2.45, 2.75) is 5.92 Å². The third-order valence-corrected chi connectivity index (χ3v) is 3.42.